The summed E-state index contributed by atoms with van der Waals surface area (Å²) in [5.74, 6) is 0.896. The van der Waals surface area contributed by atoms with E-state index < -0.39 is 9.84 Å². The summed E-state index contributed by atoms with van der Waals surface area (Å²) >= 11 is 0. The standard InChI is InChI=1S/C20H25NO3S/c22-19-6-8-20(9-7-19)25(23,24)15-14-21-12-10-18(11-13-21)16-17-4-2-1-3-5-17/h1-9,18,22H,10-16H2. The zero-order valence-corrected chi connectivity index (χ0v) is 15.2. The number of aromatic hydroxyl groups is 1. The van der Waals surface area contributed by atoms with Crippen LogP contribution in [0.25, 0.3) is 0 Å². The second-order valence-electron chi connectivity index (χ2n) is 6.79. The van der Waals surface area contributed by atoms with Crippen LogP contribution < -0.4 is 0 Å². The van der Waals surface area contributed by atoms with E-state index in [-0.39, 0.29) is 16.4 Å². The van der Waals surface area contributed by atoms with E-state index in [0.29, 0.717) is 12.5 Å². The lowest BCUT2D eigenvalue weighted by Crippen LogP contribution is -2.37. The summed E-state index contributed by atoms with van der Waals surface area (Å²) in [5, 5.41) is 9.28. The number of phenolic OH excluding ortho intramolecular Hbond substituents is 1. The highest BCUT2D eigenvalue weighted by Crippen LogP contribution is 2.22. The van der Waals surface area contributed by atoms with Gasteiger partial charge in [-0.2, -0.15) is 0 Å². The highest BCUT2D eigenvalue weighted by atomic mass is 32.2. The van der Waals surface area contributed by atoms with Crippen LogP contribution in [-0.2, 0) is 16.3 Å². The topological polar surface area (TPSA) is 57.6 Å². The first-order valence-corrected chi connectivity index (χ1v) is 10.5. The van der Waals surface area contributed by atoms with Crippen molar-refractivity contribution < 1.29 is 13.5 Å². The monoisotopic (exact) mass is 359 g/mol. The molecule has 0 amide bonds. The van der Waals surface area contributed by atoms with Crippen molar-refractivity contribution in [3.63, 3.8) is 0 Å². The zero-order valence-electron chi connectivity index (χ0n) is 14.3. The molecule has 3 rings (SSSR count). The number of phenols is 1. The Hall–Kier alpha value is -1.85. The van der Waals surface area contributed by atoms with E-state index in [4.69, 9.17) is 0 Å². The van der Waals surface area contributed by atoms with Crippen LogP contribution >= 0.6 is 0 Å². The van der Waals surface area contributed by atoms with Gasteiger partial charge in [-0.3, -0.25) is 0 Å². The molecular weight excluding hydrogens is 334 g/mol. The normalized spacial score (nSPS) is 16.8. The lowest BCUT2D eigenvalue weighted by molar-refractivity contribution is 0.193. The summed E-state index contributed by atoms with van der Waals surface area (Å²) in [5.41, 5.74) is 1.39. The lowest BCUT2D eigenvalue weighted by Gasteiger charge is -2.31. The number of hydrogen-bond donors (Lipinski definition) is 1. The quantitative estimate of drug-likeness (QED) is 0.861. The summed E-state index contributed by atoms with van der Waals surface area (Å²) in [6.07, 6.45) is 3.35. The molecule has 25 heavy (non-hydrogen) atoms. The van der Waals surface area contributed by atoms with Crippen molar-refractivity contribution >= 4 is 9.84 Å². The van der Waals surface area contributed by atoms with Gasteiger partial charge in [-0.25, -0.2) is 8.42 Å². The minimum atomic E-state index is -3.29. The number of rotatable bonds is 6. The molecule has 1 saturated heterocycles. The van der Waals surface area contributed by atoms with Gasteiger partial charge in [-0.1, -0.05) is 30.3 Å². The third-order valence-electron chi connectivity index (χ3n) is 4.95. The van der Waals surface area contributed by atoms with Gasteiger partial charge in [0.1, 0.15) is 5.75 Å². The number of nitrogens with zero attached hydrogens (tertiary/aromatic N) is 1. The van der Waals surface area contributed by atoms with Crippen molar-refractivity contribution in [2.75, 3.05) is 25.4 Å². The van der Waals surface area contributed by atoms with Crippen molar-refractivity contribution in [2.24, 2.45) is 5.92 Å². The van der Waals surface area contributed by atoms with E-state index in [0.717, 1.165) is 32.4 Å². The maximum Gasteiger partial charge on any atom is 0.179 e. The molecule has 0 aromatic heterocycles. The molecule has 0 radical (unpaired) electrons. The van der Waals surface area contributed by atoms with Gasteiger partial charge in [0.25, 0.3) is 0 Å². The van der Waals surface area contributed by atoms with Crippen LogP contribution in [0.2, 0.25) is 0 Å². The molecule has 1 N–H and O–H groups in total. The minimum Gasteiger partial charge on any atom is -0.508 e. The zero-order chi connectivity index (χ0) is 17.7. The fraction of sp³-hybridized carbons (Fsp3) is 0.400. The maximum atomic E-state index is 12.4. The molecule has 5 heteroatoms. The summed E-state index contributed by atoms with van der Waals surface area (Å²) in [7, 11) is -3.29. The van der Waals surface area contributed by atoms with Crippen molar-refractivity contribution in [3.8, 4) is 5.75 Å². The largest absolute Gasteiger partial charge is 0.508 e. The third kappa shape index (κ3) is 5.06. The molecule has 0 saturated carbocycles. The average Bonchev–Trinajstić information content (AvgIpc) is 2.62. The second kappa shape index (κ2) is 8.02. The van der Waals surface area contributed by atoms with Crippen LogP contribution in [0.4, 0.5) is 0 Å². The first kappa shape index (κ1) is 18.0. The molecule has 0 unspecified atom stereocenters. The molecule has 0 bridgehead atoms. The Labute approximate surface area is 150 Å². The first-order chi connectivity index (χ1) is 12.0. The lowest BCUT2D eigenvalue weighted by atomic mass is 9.90. The Morgan fingerprint density at radius 1 is 0.960 bits per heavy atom. The van der Waals surface area contributed by atoms with Gasteiger partial charge in [0, 0.05) is 6.54 Å². The van der Waals surface area contributed by atoms with Gasteiger partial charge < -0.3 is 10.0 Å². The van der Waals surface area contributed by atoms with E-state index in [2.05, 4.69) is 29.2 Å². The maximum absolute atomic E-state index is 12.4. The van der Waals surface area contributed by atoms with Crippen LogP contribution in [0.15, 0.2) is 59.5 Å². The minimum absolute atomic E-state index is 0.0828. The highest BCUT2D eigenvalue weighted by molar-refractivity contribution is 7.91. The van der Waals surface area contributed by atoms with Gasteiger partial charge in [-0.15, -0.1) is 0 Å². The number of benzene rings is 2. The number of sulfone groups is 1. The van der Waals surface area contributed by atoms with E-state index in [1.54, 1.807) is 0 Å². The molecule has 0 spiro atoms. The predicted molar refractivity (Wildman–Crippen MR) is 99.5 cm³/mol. The van der Waals surface area contributed by atoms with Gasteiger partial charge in [0.05, 0.1) is 10.6 Å². The van der Waals surface area contributed by atoms with Gasteiger partial charge in [0.15, 0.2) is 9.84 Å². The van der Waals surface area contributed by atoms with Crippen LogP contribution in [0.3, 0.4) is 0 Å². The second-order valence-corrected chi connectivity index (χ2v) is 8.90. The summed E-state index contributed by atoms with van der Waals surface area (Å²) in [6, 6.07) is 16.3. The third-order valence-corrected chi connectivity index (χ3v) is 6.66. The van der Waals surface area contributed by atoms with Crippen LogP contribution in [0, 0.1) is 5.92 Å². The Morgan fingerprint density at radius 3 is 2.24 bits per heavy atom. The molecule has 4 nitrogen and oxygen atoms in total. The highest BCUT2D eigenvalue weighted by Gasteiger charge is 2.22. The molecule has 0 atom stereocenters. The van der Waals surface area contributed by atoms with E-state index >= 15 is 0 Å². The first-order valence-electron chi connectivity index (χ1n) is 8.81. The van der Waals surface area contributed by atoms with Crippen molar-refractivity contribution in [3.05, 3.63) is 60.2 Å². The Morgan fingerprint density at radius 2 is 1.60 bits per heavy atom. The van der Waals surface area contributed by atoms with Crippen LogP contribution in [-0.4, -0.2) is 43.8 Å². The smallest absolute Gasteiger partial charge is 0.179 e. The SMILES string of the molecule is O=S(=O)(CCN1CCC(Cc2ccccc2)CC1)c1ccc(O)cc1. The molecule has 2 aromatic carbocycles. The van der Waals surface area contributed by atoms with Crippen molar-refractivity contribution in [2.45, 2.75) is 24.2 Å². The Bertz CT molecular complexity index is 764. The molecular formula is C20H25NO3S. The fourth-order valence-electron chi connectivity index (χ4n) is 3.38. The van der Waals surface area contributed by atoms with E-state index in [1.807, 2.05) is 6.07 Å². The number of hydrogen-bond acceptors (Lipinski definition) is 4. The van der Waals surface area contributed by atoms with Gasteiger partial charge in [0.2, 0.25) is 0 Å². The van der Waals surface area contributed by atoms with Crippen molar-refractivity contribution in [1.82, 2.24) is 4.90 Å². The summed E-state index contributed by atoms with van der Waals surface area (Å²) < 4.78 is 24.8. The van der Waals surface area contributed by atoms with E-state index in [9.17, 15) is 13.5 Å². The molecule has 2 aromatic rings. The molecule has 1 heterocycles. The molecule has 0 aliphatic carbocycles. The van der Waals surface area contributed by atoms with Crippen LogP contribution in [0.1, 0.15) is 18.4 Å². The predicted octanol–water partition coefficient (Wildman–Crippen LogP) is 3.12. The average molecular weight is 359 g/mol. The van der Waals surface area contributed by atoms with E-state index in [1.165, 1.54) is 29.8 Å². The van der Waals surface area contributed by atoms with Gasteiger partial charge in [-0.05, 0) is 68.1 Å². The number of likely N-dealkylation sites (tertiary alicyclic amines) is 1. The molecule has 1 aliphatic rings. The Balaban J connectivity index is 1.47. The molecule has 1 fully saturated rings. The summed E-state index contributed by atoms with van der Waals surface area (Å²) in [6.45, 7) is 2.49. The fourth-order valence-corrected chi connectivity index (χ4v) is 4.67. The molecule has 134 valence electrons. The Kier molecular flexibility index (Phi) is 5.76. The summed E-state index contributed by atoms with van der Waals surface area (Å²) in [4.78, 5) is 2.53. The molecule has 1 aliphatic heterocycles. The number of piperidine rings is 1. The van der Waals surface area contributed by atoms with Crippen LogP contribution in [0.5, 0.6) is 5.75 Å². The van der Waals surface area contributed by atoms with Crippen molar-refractivity contribution in [1.29, 1.82) is 0 Å². The van der Waals surface area contributed by atoms with Gasteiger partial charge >= 0.3 is 0 Å².